The highest BCUT2D eigenvalue weighted by Gasteiger charge is 2.24. The molecule has 2 aromatic rings. The Morgan fingerprint density at radius 2 is 1.88 bits per heavy atom. The zero-order valence-corrected chi connectivity index (χ0v) is 15.1. The molecule has 1 aromatic heterocycles. The Morgan fingerprint density at radius 3 is 2.50 bits per heavy atom. The molecule has 140 valence electrons. The van der Waals surface area contributed by atoms with Gasteiger partial charge >= 0.3 is 0 Å². The Hall–Kier alpha value is -2.60. The first-order valence-electron chi connectivity index (χ1n) is 9.02. The fourth-order valence-electron chi connectivity index (χ4n) is 2.70. The van der Waals surface area contributed by atoms with Crippen molar-refractivity contribution in [2.45, 2.75) is 44.7 Å². The number of rotatable bonds is 10. The molecule has 2 atom stereocenters. The van der Waals surface area contributed by atoms with Gasteiger partial charge in [-0.2, -0.15) is 0 Å². The summed E-state index contributed by atoms with van der Waals surface area (Å²) in [6, 6.07) is 12.0. The van der Waals surface area contributed by atoms with Gasteiger partial charge < -0.3 is 20.8 Å². The molecule has 6 nitrogen and oxygen atoms in total. The van der Waals surface area contributed by atoms with Crippen molar-refractivity contribution in [2.75, 3.05) is 6.54 Å². The lowest BCUT2D eigenvalue weighted by molar-refractivity contribution is -0.123. The second kappa shape index (κ2) is 10.4. The molecular weight excluding hydrogens is 330 g/mol. The number of unbranched alkanes of at least 4 members (excludes halogenated alkanes) is 1. The van der Waals surface area contributed by atoms with Gasteiger partial charge in [0.1, 0.15) is 6.04 Å². The highest BCUT2D eigenvalue weighted by atomic mass is 16.3. The minimum Gasteiger partial charge on any atom is -0.459 e. The highest BCUT2D eigenvalue weighted by Crippen LogP contribution is 2.07. The number of nitrogens with two attached hydrogens (primary N) is 1. The van der Waals surface area contributed by atoms with Gasteiger partial charge in [0.05, 0.1) is 6.26 Å². The van der Waals surface area contributed by atoms with Crippen molar-refractivity contribution >= 4 is 11.8 Å². The molecule has 6 heteroatoms. The number of hydrogen-bond acceptors (Lipinski definition) is 4. The molecule has 2 amide bonds. The third-order valence-corrected chi connectivity index (χ3v) is 4.19. The molecule has 0 spiro atoms. The minimum absolute atomic E-state index is 0.0961. The monoisotopic (exact) mass is 357 g/mol. The van der Waals surface area contributed by atoms with Crippen LogP contribution in [-0.4, -0.2) is 30.4 Å². The summed E-state index contributed by atoms with van der Waals surface area (Å²) in [7, 11) is 0. The molecule has 1 aromatic carbocycles. The van der Waals surface area contributed by atoms with E-state index in [9.17, 15) is 9.59 Å². The first-order valence-corrected chi connectivity index (χ1v) is 9.02. The molecule has 26 heavy (non-hydrogen) atoms. The van der Waals surface area contributed by atoms with Gasteiger partial charge in [-0.15, -0.1) is 0 Å². The quantitative estimate of drug-likeness (QED) is 0.607. The molecule has 0 aliphatic carbocycles. The molecule has 1 heterocycles. The normalized spacial score (nSPS) is 13.0. The summed E-state index contributed by atoms with van der Waals surface area (Å²) >= 11 is 0. The van der Waals surface area contributed by atoms with E-state index in [0.29, 0.717) is 13.0 Å². The standard InChI is InChI=1S/C20H27N3O3/c1-2-3-10-16(14-21)22-19(24)17(13-15-8-5-4-6-9-15)23-20(25)18-11-7-12-26-18/h4-9,11-12,16-17H,2-3,10,13-14,21H2,1H3,(H,22,24)(H,23,25). The lowest BCUT2D eigenvalue weighted by Crippen LogP contribution is -2.52. The summed E-state index contributed by atoms with van der Waals surface area (Å²) in [6.07, 6.45) is 4.67. The zero-order chi connectivity index (χ0) is 18.8. The molecule has 0 fully saturated rings. The average molecular weight is 357 g/mol. The van der Waals surface area contributed by atoms with Gasteiger partial charge in [0, 0.05) is 19.0 Å². The molecule has 0 saturated carbocycles. The first-order chi connectivity index (χ1) is 12.6. The number of benzene rings is 1. The van der Waals surface area contributed by atoms with E-state index in [1.165, 1.54) is 6.26 Å². The number of amides is 2. The molecule has 2 unspecified atom stereocenters. The van der Waals surface area contributed by atoms with Crippen molar-refractivity contribution in [1.29, 1.82) is 0 Å². The smallest absolute Gasteiger partial charge is 0.287 e. The molecule has 0 radical (unpaired) electrons. The number of hydrogen-bond donors (Lipinski definition) is 3. The number of nitrogens with one attached hydrogen (secondary N) is 2. The predicted octanol–water partition coefficient (Wildman–Crippen LogP) is 2.25. The topological polar surface area (TPSA) is 97.4 Å². The summed E-state index contributed by atoms with van der Waals surface area (Å²) in [5.74, 6) is -0.471. The van der Waals surface area contributed by atoms with Crippen molar-refractivity contribution in [3.05, 3.63) is 60.1 Å². The van der Waals surface area contributed by atoms with Gasteiger partial charge in [-0.25, -0.2) is 0 Å². The number of furan rings is 1. The first kappa shape index (κ1) is 19.7. The van der Waals surface area contributed by atoms with E-state index in [1.54, 1.807) is 12.1 Å². The second-order valence-electron chi connectivity index (χ2n) is 6.28. The van der Waals surface area contributed by atoms with Crippen LogP contribution in [0.4, 0.5) is 0 Å². The van der Waals surface area contributed by atoms with Gasteiger partial charge in [0.2, 0.25) is 5.91 Å². The third-order valence-electron chi connectivity index (χ3n) is 4.19. The van der Waals surface area contributed by atoms with E-state index in [0.717, 1.165) is 24.8 Å². The Balaban J connectivity index is 2.08. The maximum Gasteiger partial charge on any atom is 0.287 e. The highest BCUT2D eigenvalue weighted by molar-refractivity contribution is 5.95. The van der Waals surface area contributed by atoms with Crippen LogP contribution in [0.2, 0.25) is 0 Å². The van der Waals surface area contributed by atoms with Crippen molar-refractivity contribution in [3.63, 3.8) is 0 Å². The Kier molecular flexibility index (Phi) is 7.89. The van der Waals surface area contributed by atoms with Crippen LogP contribution in [0.25, 0.3) is 0 Å². The molecule has 0 aliphatic heterocycles. The summed E-state index contributed by atoms with van der Waals surface area (Å²) in [5, 5.41) is 5.73. The van der Waals surface area contributed by atoms with Gasteiger partial charge in [0.25, 0.3) is 5.91 Å². The van der Waals surface area contributed by atoms with Crippen molar-refractivity contribution in [1.82, 2.24) is 10.6 Å². The lowest BCUT2D eigenvalue weighted by atomic mass is 10.0. The average Bonchev–Trinajstić information content (AvgIpc) is 3.20. The summed E-state index contributed by atoms with van der Waals surface area (Å²) in [6.45, 7) is 2.47. The Morgan fingerprint density at radius 1 is 1.12 bits per heavy atom. The largest absolute Gasteiger partial charge is 0.459 e. The SMILES string of the molecule is CCCCC(CN)NC(=O)C(Cc1ccccc1)NC(=O)c1ccco1. The Bertz CT molecular complexity index is 671. The fraction of sp³-hybridized carbons (Fsp3) is 0.400. The molecule has 4 N–H and O–H groups in total. The summed E-state index contributed by atoms with van der Waals surface area (Å²) < 4.78 is 5.12. The van der Waals surface area contributed by atoms with E-state index < -0.39 is 11.9 Å². The van der Waals surface area contributed by atoms with E-state index in [-0.39, 0.29) is 17.7 Å². The van der Waals surface area contributed by atoms with Gasteiger partial charge in [0.15, 0.2) is 5.76 Å². The van der Waals surface area contributed by atoms with Crippen molar-refractivity contribution < 1.29 is 14.0 Å². The maximum atomic E-state index is 12.8. The summed E-state index contributed by atoms with van der Waals surface area (Å²) in [5.41, 5.74) is 6.74. The molecule has 0 saturated heterocycles. The minimum atomic E-state index is -0.703. The van der Waals surface area contributed by atoms with Crippen LogP contribution in [0, 0.1) is 0 Å². The van der Waals surface area contributed by atoms with E-state index in [4.69, 9.17) is 10.2 Å². The van der Waals surface area contributed by atoms with E-state index in [2.05, 4.69) is 17.6 Å². The number of carbonyl (C=O) groups is 2. The zero-order valence-electron chi connectivity index (χ0n) is 15.1. The van der Waals surface area contributed by atoms with Crippen molar-refractivity contribution in [2.24, 2.45) is 5.73 Å². The van der Waals surface area contributed by atoms with Crippen molar-refractivity contribution in [3.8, 4) is 0 Å². The third kappa shape index (κ3) is 6.04. The van der Waals surface area contributed by atoms with Gasteiger partial charge in [-0.1, -0.05) is 50.1 Å². The van der Waals surface area contributed by atoms with Crippen LogP contribution in [0.15, 0.2) is 53.1 Å². The van der Waals surface area contributed by atoms with Gasteiger partial charge in [-0.3, -0.25) is 9.59 Å². The Labute approximate surface area is 154 Å². The molecule has 2 rings (SSSR count). The van der Waals surface area contributed by atoms with E-state index in [1.807, 2.05) is 30.3 Å². The number of carbonyl (C=O) groups excluding carboxylic acids is 2. The lowest BCUT2D eigenvalue weighted by Gasteiger charge is -2.22. The molecule has 0 aliphatic rings. The van der Waals surface area contributed by atoms with Crippen LogP contribution in [0.1, 0.15) is 42.3 Å². The van der Waals surface area contributed by atoms with Gasteiger partial charge in [-0.05, 0) is 24.1 Å². The van der Waals surface area contributed by atoms with Crippen LogP contribution in [-0.2, 0) is 11.2 Å². The fourth-order valence-corrected chi connectivity index (χ4v) is 2.70. The van der Waals surface area contributed by atoms with Crippen LogP contribution < -0.4 is 16.4 Å². The molecule has 0 bridgehead atoms. The van der Waals surface area contributed by atoms with Crippen LogP contribution >= 0.6 is 0 Å². The maximum absolute atomic E-state index is 12.8. The molecular formula is C20H27N3O3. The van der Waals surface area contributed by atoms with E-state index >= 15 is 0 Å². The predicted molar refractivity (Wildman–Crippen MR) is 101 cm³/mol. The second-order valence-corrected chi connectivity index (χ2v) is 6.28. The van der Waals surface area contributed by atoms with Crippen LogP contribution in [0.3, 0.4) is 0 Å². The van der Waals surface area contributed by atoms with Crippen LogP contribution in [0.5, 0.6) is 0 Å². The summed E-state index contributed by atoms with van der Waals surface area (Å²) in [4.78, 5) is 25.1.